The van der Waals surface area contributed by atoms with Crippen molar-refractivity contribution in [2.24, 2.45) is 0 Å². The third kappa shape index (κ3) is 4.23. The second kappa shape index (κ2) is 7.46. The van der Waals surface area contributed by atoms with Crippen LogP contribution in [0.1, 0.15) is 0 Å². The number of halogens is 2. The van der Waals surface area contributed by atoms with Crippen LogP contribution in [0.25, 0.3) is 0 Å². The lowest BCUT2D eigenvalue weighted by Gasteiger charge is -2.18. The summed E-state index contributed by atoms with van der Waals surface area (Å²) >= 11 is 9.05. The molecular weight excluding hydrogens is 390 g/mol. The molecular formula is C15H15BrClNO3S. The summed E-state index contributed by atoms with van der Waals surface area (Å²) in [7, 11) is -2.02. The van der Waals surface area contributed by atoms with Crippen molar-refractivity contribution in [1.82, 2.24) is 4.31 Å². The molecule has 0 aliphatic heterocycles. The normalized spacial score (nSPS) is 11.6. The zero-order chi connectivity index (χ0) is 16.2. The molecule has 0 atom stereocenters. The Kier molecular flexibility index (Phi) is 5.86. The molecule has 0 saturated heterocycles. The summed E-state index contributed by atoms with van der Waals surface area (Å²) in [5, 5.41) is 0.626. The van der Waals surface area contributed by atoms with Gasteiger partial charge in [-0.2, -0.15) is 4.31 Å². The average Bonchev–Trinajstić information content (AvgIpc) is 2.49. The number of rotatable bonds is 6. The highest BCUT2D eigenvalue weighted by Gasteiger charge is 2.22. The maximum Gasteiger partial charge on any atom is 0.244 e. The molecule has 0 unspecified atom stereocenters. The maximum atomic E-state index is 12.5. The van der Waals surface area contributed by atoms with E-state index in [0.717, 1.165) is 0 Å². The molecule has 0 heterocycles. The molecule has 2 aromatic rings. The standard InChI is InChI=1S/C15H15BrClNO3S/c1-18(10-11-21-13-8-6-12(17)7-9-13)22(19,20)15-5-3-2-4-14(15)16/h2-9H,10-11H2,1H3. The second-order valence-corrected chi connectivity index (χ2v) is 7.86. The molecule has 0 aliphatic carbocycles. The highest BCUT2D eigenvalue weighted by Crippen LogP contribution is 2.23. The van der Waals surface area contributed by atoms with Crippen LogP contribution in [-0.4, -0.2) is 32.9 Å². The maximum absolute atomic E-state index is 12.5. The van der Waals surface area contributed by atoms with Crippen molar-refractivity contribution in [1.29, 1.82) is 0 Å². The average molecular weight is 405 g/mol. The van der Waals surface area contributed by atoms with Crippen molar-refractivity contribution >= 4 is 37.6 Å². The van der Waals surface area contributed by atoms with Gasteiger partial charge in [0.2, 0.25) is 10.0 Å². The van der Waals surface area contributed by atoms with E-state index in [1.54, 1.807) is 48.5 Å². The molecule has 0 aromatic heterocycles. The smallest absolute Gasteiger partial charge is 0.244 e. The molecule has 22 heavy (non-hydrogen) atoms. The molecule has 118 valence electrons. The van der Waals surface area contributed by atoms with Gasteiger partial charge in [0.25, 0.3) is 0 Å². The molecule has 0 N–H and O–H groups in total. The summed E-state index contributed by atoms with van der Waals surface area (Å²) in [4.78, 5) is 0.240. The van der Waals surface area contributed by atoms with Crippen LogP contribution in [-0.2, 0) is 10.0 Å². The van der Waals surface area contributed by atoms with Crippen LogP contribution in [0, 0.1) is 0 Å². The summed E-state index contributed by atoms with van der Waals surface area (Å²) in [6.45, 7) is 0.494. The van der Waals surface area contributed by atoms with Gasteiger partial charge in [0.1, 0.15) is 12.4 Å². The highest BCUT2D eigenvalue weighted by atomic mass is 79.9. The quantitative estimate of drug-likeness (QED) is 0.735. The van der Waals surface area contributed by atoms with Crippen LogP contribution < -0.4 is 4.74 Å². The zero-order valence-electron chi connectivity index (χ0n) is 11.9. The topological polar surface area (TPSA) is 46.6 Å². The Morgan fingerprint density at radius 2 is 1.77 bits per heavy atom. The van der Waals surface area contributed by atoms with Crippen molar-refractivity contribution < 1.29 is 13.2 Å². The lowest BCUT2D eigenvalue weighted by atomic mass is 10.3. The van der Waals surface area contributed by atoms with Gasteiger partial charge >= 0.3 is 0 Å². The van der Waals surface area contributed by atoms with E-state index in [-0.39, 0.29) is 18.0 Å². The van der Waals surface area contributed by atoms with E-state index in [0.29, 0.717) is 15.2 Å². The summed E-state index contributed by atoms with van der Waals surface area (Å²) in [5.74, 6) is 0.649. The molecule has 0 saturated carbocycles. The summed E-state index contributed by atoms with van der Waals surface area (Å²) in [6.07, 6.45) is 0. The zero-order valence-corrected chi connectivity index (χ0v) is 15.0. The number of nitrogens with zero attached hydrogens (tertiary/aromatic N) is 1. The van der Waals surface area contributed by atoms with E-state index in [9.17, 15) is 8.42 Å². The Hall–Kier alpha value is -1.08. The molecule has 0 aliphatic rings. The first-order valence-corrected chi connectivity index (χ1v) is 9.11. The van der Waals surface area contributed by atoms with E-state index in [2.05, 4.69) is 15.9 Å². The number of hydrogen-bond donors (Lipinski definition) is 0. The number of ether oxygens (including phenoxy) is 1. The first-order valence-electron chi connectivity index (χ1n) is 6.50. The molecule has 2 rings (SSSR count). The van der Waals surface area contributed by atoms with Crippen molar-refractivity contribution in [3.8, 4) is 5.75 Å². The van der Waals surface area contributed by atoms with Crippen LogP contribution >= 0.6 is 27.5 Å². The van der Waals surface area contributed by atoms with E-state index in [4.69, 9.17) is 16.3 Å². The number of hydrogen-bond acceptors (Lipinski definition) is 3. The largest absolute Gasteiger partial charge is 0.492 e. The van der Waals surface area contributed by atoms with Gasteiger partial charge < -0.3 is 4.74 Å². The van der Waals surface area contributed by atoms with Crippen molar-refractivity contribution in [3.63, 3.8) is 0 Å². The Morgan fingerprint density at radius 3 is 2.41 bits per heavy atom. The van der Waals surface area contributed by atoms with Crippen molar-refractivity contribution in [2.75, 3.05) is 20.2 Å². The van der Waals surface area contributed by atoms with Gasteiger partial charge in [-0.3, -0.25) is 0 Å². The van der Waals surface area contributed by atoms with Gasteiger partial charge in [-0.1, -0.05) is 23.7 Å². The number of likely N-dealkylation sites (N-methyl/N-ethyl adjacent to an activating group) is 1. The van der Waals surface area contributed by atoms with Gasteiger partial charge in [0, 0.05) is 23.1 Å². The third-order valence-corrected chi connectivity index (χ3v) is 6.13. The van der Waals surface area contributed by atoms with Crippen LogP contribution in [0.4, 0.5) is 0 Å². The second-order valence-electron chi connectivity index (χ2n) is 4.56. The fourth-order valence-electron chi connectivity index (χ4n) is 1.76. The fourth-order valence-corrected chi connectivity index (χ4v) is 4.00. The molecule has 0 bridgehead atoms. The Labute approximate surface area is 143 Å². The Bertz CT molecular complexity index is 735. The minimum atomic E-state index is -3.55. The summed E-state index contributed by atoms with van der Waals surface area (Å²) in [5.41, 5.74) is 0. The molecule has 0 amide bonds. The van der Waals surface area contributed by atoms with Gasteiger partial charge in [0.15, 0.2) is 0 Å². The molecule has 7 heteroatoms. The van der Waals surface area contributed by atoms with Gasteiger partial charge in [-0.15, -0.1) is 0 Å². The van der Waals surface area contributed by atoms with Crippen LogP contribution in [0.5, 0.6) is 5.75 Å². The predicted octanol–water partition coefficient (Wildman–Crippen LogP) is 3.80. The van der Waals surface area contributed by atoms with Crippen LogP contribution in [0.3, 0.4) is 0 Å². The third-order valence-electron chi connectivity index (χ3n) is 3.01. The van der Waals surface area contributed by atoms with E-state index >= 15 is 0 Å². The first kappa shape index (κ1) is 17.3. The van der Waals surface area contributed by atoms with E-state index < -0.39 is 10.0 Å². The van der Waals surface area contributed by atoms with Gasteiger partial charge in [-0.25, -0.2) is 8.42 Å². The van der Waals surface area contributed by atoms with Crippen molar-refractivity contribution in [2.45, 2.75) is 4.90 Å². The number of sulfonamides is 1. The molecule has 0 fully saturated rings. The Balaban J connectivity index is 1.98. The number of benzene rings is 2. The van der Waals surface area contributed by atoms with Crippen molar-refractivity contribution in [3.05, 3.63) is 58.0 Å². The Morgan fingerprint density at radius 1 is 1.14 bits per heavy atom. The van der Waals surface area contributed by atoms with Gasteiger partial charge in [-0.05, 0) is 52.3 Å². The van der Waals surface area contributed by atoms with E-state index in [1.807, 2.05) is 0 Å². The molecule has 4 nitrogen and oxygen atoms in total. The van der Waals surface area contributed by atoms with Gasteiger partial charge in [0.05, 0.1) is 4.90 Å². The monoisotopic (exact) mass is 403 g/mol. The van der Waals surface area contributed by atoms with Crippen LogP contribution in [0.2, 0.25) is 5.02 Å². The lowest BCUT2D eigenvalue weighted by molar-refractivity contribution is 0.287. The molecule has 0 spiro atoms. The SMILES string of the molecule is CN(CCOc1ccc(Cl)cc1)S(=O)(=O)c1ccccc1Br. The molecule has 0 radical (unpaired) electrons. The highest BCUT2D eigenvalue weighted by molar-refractivity contribution is 9.10. The van der Waals surface area contributed by atoms with Crippen LogP contribution in [0.15, 0.2) is 57.9 Å². The van der Waals surface area contributed by atoms with E-state index in [1.165, 1.54) is 11.4 Å². The predicted molar refractivity (Wildman–Crippen MR) is 90.9 cm³/mol. The fraction of sp³-hybridized carbons (Fsp3) is 0.200. The molecule has 2 aromatic carbocycles. The summed E-state index contributed by atoms with van der Waals surface area (Å²) < 4.78 is 32.3. The minimum Gasteiger partial charge on any atom is -0.492 e. The lowest BCUT2D eigenvalue weighted by Crippen LogP contribution is -2.31. The summed E-state index contributed by atoms with van der Waals surface area (Å²) in [6, 6.07) is 13.6. The minimum absolute atomic E-state index is 0.240. The first-order chi connectivity index (χ1) is 10.4.